The minimum absolute atomic E-state index is 0. The number of halogens is 1. The lowest BCUT2D eigenvalue weighted by Gasteiger charge is -1.99. The maximum Gasteiger partial charge on any atom is 0.192 e. The highest BCUT2D eigenvalue weighted by molar-refractivity contribution is 7.90. The molecule has 0 saturated carbocycles. The van der Waals surface area contributed by atoms with Crippen molar-refractivity contribution in [3.63, 3.8) is 0 Å². The number of nitrogens with one attached hydrogen (secondary N) is 1. The molecule has 0 radical (unpaired) electrons. The van der Waals surface area contributed by atoms with E-state index >= 15 is 0 Å². The first kappa shape index (κ1) is 12.2. The topological polar surface area (TPSA) is 85.1 Å². The van der Waals surface area contributed by atoms with E-state index in [-0.39, 0.29) is 17.4 Å². The number of hydrogen-bond donors (Lipinski definition) is 2. The van der Waals surface area contributed by atoms with Crippen molar-refractivity contribution < 1.29 is 8.42 Å². The van der Waals surface area contributed by atoms with Gasteiger partial charge in [0, 0.05) is 6.26 Å². The summed E-state index contributed by atoms with van der Waals surface area (Å²) in [7, 11) is -3.21. The van der Waals surface area contributed by atoms with Crippen LogP contribution >= 0.6 is 12.4 Å². The van der Waals surface area contributed by atoms with E-state index in [1.54, 1.807) is 6.07 Å². The molecule has 1 aromatic rings. The zero-order chi connectivity index (χ0) is 9.19. The van der Waals surface area contributed by atoms with Gasteiger partial charge in [0.05, 0.1) is 11.9 Å². The van der Waals surface area contributed by atoms with Gasteiger partial charge in [0.1, 0.15) is 0 Å². The number of sulfone groups is 1. The molecule has 0 atom stereocenters. The first-order valence-electron chi connectivity index (χ1n) is 3.17. The molecular formula is C6H10ClN3O2S. The molecule has 7 heteroatoms. The SMILES string of the molecule is CS(=O)(=O)c1ccc(NN)cn1.Cl. The predicted octanol–water partition coefficient (Wildman–Crippen LogP) is 0.193. The number of nitrogens with zero attached hydrogens (tertiary/aromatic N) is 1. The Morgan fingerprint density at radius 3 is 2.38 bits per heavy atom. The summed E-state index contributed by atoms with van der Waals surface area (Å²) in [6.07, 6.45) is 2.46. The zero-order valence-electron chi connectivity index (χ0n) is 6.89. The molecule has 0 aliphatic carbocycles. The van der Waals surface area contributed by atoms with Gasteiger partial charge in [-0.3, -0.25) is 5.84 Å². The second kappa shape index (κ2) is 4.40. The zero-order valence-corrected chi connectivity index (χ0v) is 8.52. The molecule has 0 aliphatic rings. The lowest BCUT2D eigenvalue weighted by atomic mass is 10.4. The number of hydrazine groups is 1. The fourth-order valence-electron chi connectivity index (χ4n) is 0.685. The highest BCUT2D eigenvalue weighted by Crippen LogP contribution is 2.08. The van der Waals surface area contributed by atoms with E-state index in [4.69, 9.17) is 5.84 Å². The molecule has 13 heavy (non-hydrogen) atoms. The van der Waals surface area contributed by atoms with Crippen LogP contribution in [0.1, 0.15) is 0 Å². The number of anilines is 1. The van der Waals surface area contributed by atoms with Crippen LogP contribution in [-0.2, 0) is 9.84 Å². The average Bonchev–Trinajstić information content (AvgIpc) is 2.03. The van der Waals surface area contributed by atoms with Crippen molar-refractivity contribution in [2.75, 3.05) is 11.7 Å². The summed E-state index contributed by atoms with van der Waals surface area (Å²) < 4.78 is 21.8. The Balaban J connectivity index is 0.00000144. The van der Waals surface area contributed by atoms with Gasteiger partial charge in [0.15, 0.2) is 14.9 Å². The maximum atomic E-state index is 10.9. The largest absolute Gasteiger partial charge is 0.323 e. The van der Waals surface area contributed by atoms with Crippen LogP contribution in [0.2, 0.25) is 0 Å². The second-order valence-electron chi connectivity index (χ2n) is 2.30. The van der Waals surface area contributed by atoms with Gasteiger partial charge >= 0.3 is 0 Å². The van der Waals surface area contributed by atoms with E-state index in [9.17, 15) is 8.42 Å². The fraction of sp³-hybridized carbons (Fsp3) is 0.167. The van der Waals surface area contributed by atoms with Crippen LogP contribution in [0.25, 0.3) is 0 Å². The number of aromatic nitrogens is 1. The van der Waals surface area contributed by atoms with E-state index in [1.165, 1.54) is 12.3 Å². The molecule has 0 saturated heterocycles. The maximum absolute atomic E-state index is 10.9. The highest BCUT2D eigenvalue weighted by atomic mass is 35.5. The Labute approximate surface area is 82.7 Å². The molecule has 0 aromatic carbocycles. The molecule has 0 unspecified atom stereocenters. The molecule has 0 amide bonds. The molecule has 1 rings (SSSR count). The van der Waals surface area contributed by atoms with Crippen LogP contribution in [-0.4, -0.2) is 19.7 Å². The third kappa shape index (κ3) is 3.17. The van der Waals surface area contributed by atoms with Crippen molar-refractivity contribution in [3.8, 4) is 0 Å². The number of hydrogen-bond acceptors (Lipinski definition) is 5. The van der Waals surface area contributed by atoms with Crippen LogP contribution in [0.5, 0.6) is 0 Å². The summed E-state index contributed by atoms with van der Waals surface area (Å²) in [6, 6.07) is 2.94. The van der Waals surface area contributed by atoms with E-state index in [0.29, 0.717) is 5.69 Å². The number of rotatable bonds is 2. The molecule has 1 aromatic heterocycles. The van der Waals surface area contributed by atoms with Crippen LogP contribution in [0, 0.1) is 0 Å². The molecular weight excluding hydrogens is 214 g/mol. The van der Waals surface area contributed by atoms with E-state index in [0.717, 1.165) is 6.26 Å². The van der Waals surface area contributed by atoms with Crippen molar-refractivity contribution >= 4 is 27.9 Å². The monoisotopic (exact) mass is 223 g/mol. The van der Waals surface area contributed by atoms with Crippen molar-refractivity contribution in [1.82, 2.24) is 4.98 Å². The third-order valence-electron chi connectivity index (χ3n) is 1.28. The highest BCUT2D eigenvalue weighted by Gasteiger charge is 2.06. The third-order valence-corrected chi connectivity index (χ3v) is 2.28. The molecule has 74 valence electrons. The van der Waals surface area contributed by atoms with Crippen molar-refractivity contribution in [3.05, 3.63) is 18.3 Å². The summed E-state index contributed by atoms with van der Waals surface area (Å²) in [6.45, 7) is 0. The average molecular weight is 224 g/mol. The Kier molecular flexibility index (Phi) is 4.12. The summed E-state index contributed by atoms with van der Waals surface area (Å²) in [5, 5.41) is 0.0431. The Morgan fingerprint density at radius 1 is 1.46 bits per heavy atom. The van der Waals surface area contributed by atoms with Crippen LogP contribution in [0.15, 0.2) is 23.4 Å². The molecule has 5 nitrogen and oxygen atoms in total. The quantitative estimate of drug-likeness (QED) is 0.553. The number of pyridine rings is 1. The normalized spacial score (nSPS) is 10.3. The van der Waals surface area contributed by atoms with Crippen LogP contribution in [0.3, 0.4) is 0 Å². The van der Waals surface area contributed by atoms with Gasteiger partial charge in [-0.1, -0.05) is 0 Å². The number of nitrogens with two attached hydrogens (primary N) is 1. The smallest absolute Gasteiger partial charge is 0.192 e. The summed E-state index contributed by atoms with van der Waals surface area (Å²) >= 11 is 0. The first-order valence-corrected chi connectivity index (χ1v) is 5.06. The Bertz CT molecular complexity index is 362. The Hall–Kier alpha value is -0.850. The van der Waals surface area contributed by atoms with Gasteiger partial charge in [-0.2, -0.15) is 0 Å². The lowest BCUT2D eigenvalue weighted by Crippen LogP contribution is -2.08. The molecule has 0 fully saturated rings. The summed E-state index contributed by atoms with van der Waals surface area (Å²) in [5.41, 5.74) is 2.92. The summed E-state index contributed by atoms with van der Waals surface area (Å²) in [4.78, 5) is 3.69. The number of nitrogen functional groups attached to an aromatic ring is 1. The lowest BCUT2D eigenvalue weighted by molar-refractivity contribution is 0.598. The van der Waals surface area contributed by atoms with Gasteiger partial charge in [-0.25, -0.2) is 13.4 Å². The molecule has 3 N–H and O–H groups in total. The van der Waals surface area contributed by atoms with Crippen molar-refractivity contribution in [1.29, 1.82) is 0 Å². The molecule has 1 heterocycles. The standard InChI is InChI=1S/C6H9N3O2S.ClH/c1-12(10,11)6-3-2-5(9-7)4-8-6;/h2-4,9H,7H2,1H3;1H. The molecule has 0 aliphatic heterocycles. The van der Waals surface area contributed by atoms with E-state index < -0.39 is 9.84 Å². The van der Waals surface area contributed by atoms with Crippen molar-refractivity contribution in [2.45, 2.75) is 5.03 Å². The van der Waals surface area contributed by atoms with Gasteiger partial charge in [0.25, 0.3) is 0 Å². The van der Waals surface area contributed by atoms with Crippen molar-refractivity contribution in [2.24, 2.45) is 5.84 Å². The van der Waals surface area contributed by atoms with E-state index in [1.807, 2.05) is 0 Å². The summed E-state index contributed by atoms with van der Waals surface area (Å²) in [5.74, 6) is 5.07. The van der Waals surface area contributed by atoms with E-state index in [2.05, 4.69) is 10.4 Å². The first-order chi connectivity index (χ1) is 5.54. The minimum atomic E-state index is -3.21. The van der Waals surface area contributed by atoms with Crippen LogP contribution < -0.4 is 11.3 Å². The minimum Gasteiger partial charge on any atom is -0.323 e. The Morgan fingerprint density at radius 2 is 2.08 bits per heavy atom. The fourth-order valence-corrected chi connectivity index (χ4v) is 1.24. The van der Waals surface area contributed by atoms with Gasteiger partial charge in [-0.15, -0.1) is 12.4 Å². The predicted molar refractivity (Wildman–Crippen MR) is 52.4 cm³/mol. The molecule has 0 bridgehead atoms. The van der Waals surface area contributed by atoms with Gasteiger partial charge in [-0.05, 0) is 12.1 Å². The van der Waals surface area contributed by atoms with Gasteiger partial charge < -0.3 is 5.43 Å². The van der Waals surface area contributed by atoms with Crippen LogP contribution in [0.4, 0.5) is 5.69 Å². The molecule has 0 spiro atoms. The van der Waals surface area contributed by atoms with Gasteiger partial charge in [0.2, 0.25) is 0 Å². The second-order valence-corrected chi connectivity index (χ2v) is 4.26.